The molecule has 4 nitrogen and oxygen atoms in total. The molecule has 1 N–H and O–H groups in total. The topological polar surface area (TPSA) is 50.7 Å². The summed E-state index contributed by atoms with van der Waals surface area (Å²) >= 11 is 0. The summed E-state index contributed by atoms with van der Waals surface area (Å²) in [5, 5.41) is 5.76. The molecule has 0 bridgehead atoms. The van der Waals surface area contributed by atoms with Gasteiger partial charge in [0.1, 0.15) is 0 Å². The van der Waals surface area contributed by atoms with Gasteiger partial charge in [0.15, 0.2) is 0 Å². The monoisotopic (exact) mass is 250 g/mol. The van der Waals surface area contributed by atoms with Gasteiger partial charge in [-0.05, 0) is 19.1 Å². The zero-order valence-corrected chi connectivity index (χ0v) is 10.6. The standard InChI is InChI=1S/C15H14N4/c1-11(15-10-17-7-8-18-15)19-14-4-2-3-12-9-16-6-5-13(12)14/h2-11,19H,1H3. The molecule has 0 aliphatic rings. The first-order valence-electron chi connectivity index (χ1n) is 6.20. The van der Waals surface area contributed by atoms with Crippen molar-refractivity contribution in [2.45, 2.75) is 13.0 Å². The highest BCUT2D eigenvalue weighted by Crippen LogP contribution is 2.25. The lowest BCUT2D eigenvalue weighted by Gasteiger charge is -2.16. The lowest BCUT2D eigenvalue weighted by atomic mass is 10.1. The van der Waals surface area contributed by atoms with E-state index in [0.29, 0.717) is 0 Å². The summed E-state index contributed by atoms with van der Waals surface area (Å²) < 4.78 is 0. The Bertz CT molecular complexity index is 677. The predicted molar refractivity (Wildman–Crippen MR) is 75.8 cm³/mol. The van der Waals surface area contributed by atoms with Crippen molar-refractivity contribution >= 4 is 16.5 Å². The van der Waals surface area contributed by atoms with Crippen molar-refractivity contribution in [2.24, 2.45) is 0 Å². The number of nitrogens with one attached hydrogen (secondary N) is 1. The van der Waals surface area contributed by atoms with E-state index in [2.05, 4.69) is 39.3 Å². The number of hydrogen-bond acceptors (Lipinski definition) is 4. The first kappa shape index (κ1) is 11.6. The number of pyridine rings is 1. The second kappa shape index (κ2) is 5.02. The van der Waals surface area contributed by atoms with Gasteiger partial charge >= 0.3 is 0 Å². The van der Waals surface area contributed by atoms with Gasteiger partial charge in [-0.3, -0.25) is 15.0 Å². The number of hydrogen-bond donors (Lipinski definition) is 1. The minimum absolute atomic E-state index is 0.104. The van der Waals surface area contributed by atoms with Crippen molar-refractivity contribution in [2.75, 3.05) is 5.32 Å². The van der Waals surface area contributed by atoms with Crippen molar-refractivity contribution < 1.29 is 0 Å². The Morgan fingerprint density at radius 3 is 2.74 bits per heavy atom. The number of aromatic nitrogens is 3. The van der Waals surface area contributed by atoms with E-state index >= 15 is 0 Å². The first-order chi connectivity index (χ1) is 9.34. The summed E-state index contributed by atoms with van der Waals surface area (Å²) in [6, 6.07) is 8.26. The molecule has 19 heavy (non-hydrogen) atoms. The molecule has 3 rings (SSSR count). The summed E-state index contributed by atoms with van der Waals surface area (Å²) in [7, 11) is 0. The largest absolute Gasteiger partial charge is 0.376 e. The van der Waals surface area contributed by atoms with E-state index in [4.69, 9.17) is 0 Å². The highest BCUT2D eigenvalue weighted by Gasteiger charge is 2.08. The number of nitrogens with zero attached hydrogens (tertiary/aromatic N) is 3. The molecule has 0 amide bonds. The van der Waals surface area contributed by atoms with Crippen LogP contribution in [-0.2, 0) is 0 Å². The fourth-order valence-electron chi connectivity index (χ4n) is 2.09. The molecule has 0 saturated heterocycles. The molecular weight excluding hydrogens is 236 g/mol. The summed E-state index contributed by atoms with van der Waals surface area (Å²) in [6.45, 7) is 2.07. The maximum Gasteiger partial charge on any atom is 0.0806 e. The van der Waals surface area contributed by atoms with Gasteiger partial charge < -0.3 is 5.32 Å². The van der Waals surface area contributed by atoms with E-state index in [1.54, 1.807) is 24.8 Å². The SMILES string of the molecule is CC(Nc1cccc2cnccc12)c1cnccn1. The molecule has 1 aromatic carbocycles. The Kier molecular flexibility index (Phi) is 3.06. The van der Waals surface area contributed by atoms with E-state index in [1.165, 1.54) is 0 Å². The fraction of sp³-hybridized carbons (Fsp3) is 0.133. The molecule has 0 saturated carbocycles. The van der Waals surface area contributed by atoms with Crippen molar-refractivity contribution in [3.05, 3.63) is 60.9 Å². The third-order valence-corrected chi connectivity index (χ3v) is 3.08. The Balaban J connectivity index is 1.94. The van der Waals surface area contributed by atoms with Crippen LogP contribution in [0, 0.1) is 0 Å². The van der Waals surface area contributed by atoms with E-state index < -0.39 is 0 Å². The highest BCUT2D eigenvalue weighted by molar-refractivity contribution is 5.93. The van der Waals surface area contributed by atoms with Crippen LogP contribution in [-0.4, -0.2) is 15.0 Å². The molecule has 4 heteroatoms. The zero-order chi connectivity index (χ0) is 13.1. The van der Waals surface area contributed by atoms with Crippen molar-refractivity contribution in [1.29, 1.82) is 0 Å². The predicted octanol–water partition coefficient (Wildman–Crippen LogP) is 3.20. The van der Waals surface area contributed by atoms with E-state index in [-0.39, 0.29) is 6.04 Å². The van der Waals surface area contributed by atoms with Gasteiger partial charge in [0.25, 0.3) is 0 Å². The maximum atomic E-state index is 4.32. The second-order valence-electron chi connectivity index (χ2n) is 4.40. The normalized spacial score (nSPS) is 12.3. The Morgan fingerprint density at radius 2 is 1.89 bits per heavy atom. The number of anilines is 1. The van der Waals surface area contributed by atoms with Gasteiger partial charge in [0, 0.05) is 41.2 Å². The molecule has 2 aromatic heterocycles. The molecule has 0 spiro atoms. The smallest absolute Gasteiger partial charge is 0.0806 e. The molecule has 94 valence electrons. The molecule has 2 heterocycles. The minimum Gasteiger partial charge on any atom is -0.376 e. The number of fused-ring (bicyclic) bond motifs is 1. The quantitative estimate of drug-likeness (QED) is 0.775. The van der Waals surface area contributed by atoms with Crippen LogP contribution >= 0.6 is 0 Å². The summed E-state index contributed by atoms with van der Waals surface area (Å²) in [4.78, 5) is 12.6. The molecule has 1 atom stereocenters. The van der Waals surface area contributed by atoms with Crippen LogP contribution in [0.5, 0.6) is 0 Å². The van der Waals surface area contributed by atoms with E-state index in [0.717, 1.165) is 22.2 Å². The number of rotatable bonds is 3. The average Bonchev–Trinajstić information content (AvgIpc) is 2.48. The zero-order valence-electron chi connectivity index (χ0n) is 10.6. The van der Waals surface area contributed by atoms with Crippen molar-refractivity contribution in [3.8, 4) is 0 Å². The third kappa shape index (κ3) is 2.38. The molecule has 0 aliphatic carbocycles. The molecule has 0 radical (unpaired) electrons. The van der Waals surface area contributed by atoms with Gasteiger partial charge in [-0.25, -0.2) is 0 Å². The third-order valence-electron chi connectivity index (χ3n) is 3.08. The van der Waals surface area contributed by atoms with Crippen LogP contribution in [0.4, 0.5) is 5.69 Å². The Hall–Kier alpha value is -2.49. The lowest BCUT2D eigenvalue weighted by Crippen LogP contribution is -2.08. The van der Waals surface area contributed by atoms with Gasteiger partial charge in [-0.15, -0.1) is 0 Å². The van der Waals surface area contributed by atoms with Crippen LogP contribution in [0.1, 0.15) is 18.7 Å². The summed E-state index contributed by atoms with van der Waals surface area (Å²) in [6.07, 6.45) is 8.85. The van der Waals surface area contributed by atoms with Crippen molar-refractivity contribution in [1.82, 2.24) is 15.0 Å². The van der Waals surface area contributed by atoms with Crippen LogP contribution in [0.2, 0.25) is 0 Å². The first-order valence-corrected chi connectivity index (χ1v) is 6.20. The van der Waals surface area contributed by atoms with Crippen LogP contribution in [0.15, 0.2) is 55.2 Å². The fourth-order valence-corrected chi connectivity index (χ4v) is 2.09. The van der Waals surface area contributed by atoms with Crippen LogP contribution in [0.3, 0.4) is 0 Å². The Labute approximate surface area is 111 Å². The van der Waals surface area contributed by atoms with Gasteiger partial charge in [0.2, 0.25) is 0 Å². The molecule has 3 aromatic rings. The van der Waals surface area contributed by atoms with Crippen LogP contribution in [0.25, 0.3) is 10.8 Å². The molecule has 1 unspecified atom stereocenters. The second-order valence-corrected chi connectivity index (χ2v) is 4.40. The molecule has 0 aliphatic heterocycles. The lowest BCUT2D eigenvalue weighted by molar-refractivity contribution is 0.829. The highest BCUT2D eigenvalue weighted by atomic mass is 14.9. The van der Waals surface area contributed by atoms with Crippen LogP contribution < -0.4 is 5.32 Å². The van der Waals surface area contributed by atoms with E-state index in [9.17, 15) is 0 Å². The van der Waals surface area contributed by atoms with E-state index in [1.807, 2.05) is 18.3 Å². The van der Waals surface area contributed by atoms with Gasteiger partial charge in [-0.2, -0.15) is 0 Å². The average molecular weight is 250 g/mol. The summed E-state index contributed by atoms with van der Waals surface area (Å²) in [5.41, 5.74) is 2.01. The maximum absolute atomic E-state index is 4.32. The number of benzene rings is 1. The molecule has 0 fully saturated rings. The summed E-state index contributed by atoms with van der Waals surface area (Å²) in [5.74, 6) is 0. The van der Waals surface area contributed by atoms with Gasteiger partial charge in [0.05, 0.1) is 17.9 Å². The van der Waals surface area contributed by atoms with Crippen molar-refractivity contribution in [3.63, 3.8) is 0 Å². The Morgan fingerprint density at radius 1 is 1.00 bits per heavy atom. The van der Waals surface area contributed by atoms with Gasteiger partial charge in [-0.1, -0.05) is 12.1 Å². The molecular formula is C15H14N4. The minimum atomic E-state index is 0.104.